The summed E-state index contributed by atoms with van der Waals surface area (Å²) in [6, 6.07) is 17.1. The third kappa shape index (κ3) is 4.12. The molecule has 0 N–H and O–H groups in total. The molecule has 5 nitrogen and oxygen atoms in total. The van der Waals surface area contributed by atoms with Crippen LogP contribution in [0, 0.1) is 0 Å². The standard InChI is InChI=1S/C22H22BrNO4/c1-16-12-22(20(25)27-2,13-18-10-6-7-11-19(18)23)24(14-16)21(26)28-15-17-8-4-3-5-9-17/h3-12H,13-15H2,1-2H3/t22-/m0/s1. The molecular weight excluding hydrogens is 422 g/mol. The van der Waals surface area contributed by atoms with Gasteiger partial charge in [0.1, 0.15) is 6.61 Å². The van der Waals surface area contributed by atoms with E-state index in [0.717, 1.165) is 21.2 Å². The van der Waals surface area contributed by atoms with E-state index in [2.05, 4.69) is 15.9 Å². The summed E-state index contributed by atoms with van der Waals surface area (Å²) in [5.74, 6) is -0.489. The van der Waals surface area contributed by atoms with Crippen molar-refractivity contribution in [3.63, 3.8) is 0 Å². The maximum absolute atomic E-state index is 12.9. The van der Waals surface area contributed by atoms with Crippen molar-refractivity contribution in [3.05, 3.63) is 81.8 Å². The SMILES string of the molecule is COC(=O)[C@@]1(Cc2ccccc2Br)C=C(C)CN1C(=O)OCc1ccccc1. The number of carbonyl (C=O) groups is 2. The third-order valence-corrected chi connectivity index (χ3v) is 5.53. The molecule has 0 radical (unpaired) electrons. The van der Waals surface area contributed by atoms with E-state index in [9.17, 15) is 9.59 Å². The van der Waals surface area contributed by atoms with E-state index in [-0.39, 0.29) is 6.61 Å². The lowest BCUT2D eigenvalue weighted by Gasteiger charge is -2.35. The summed E-state index contributed by atoms with van der Waals surface area (Å²) in [4.78, 5) is 27.2. The Bertz CT molecular complexity index is 896. The summed E-state index contributed by atoms with van der Waals surface area (Å²) in [5.41, 5.74) is 1.46. The molecule has 1 heterocycles. The van der Waals surface area contributed by atoms with Crippen LogP contribution in [0.15, 0.2) is 70.7 Å². The molecule has 0 aromatic heterocycles. The van der Waals surface area contributed by atoms with Gasteiger partial charge < -0.3 is 9.47 Å². The normalized spacial score (nSPS) is 18.5. The zero-order valence-electron chi connectivity index (χ0n) is 15.9. The van der Waals surface area contributed by atoms with Crippen molar-refractivity contribution < 1.29 is 19.1 Å². The maximum atomic E-state index is 12.9. The minimum Gasteiger partial charge on any atom is -0.467 e. The second-order valence-corrected chi connectivity index (χ2v) is 7.66. The Morgan fingerprint density at radius 2 is 1.79 bits per heavy atom. The summed E-state index contributed by atoms with van der Waals surface area (Å²) in [7, 11) is 1.33. The lowest BCUT2D eigenvalue weighted by Crippen LogP contribution is -2.55. The molecule has 0 saturated carbocycles. The van der Waals surface area contributed by atoms with E-state index in [1.807, 2.05) is 67.6 Å². The van der Waals surface area contributed by atoms with Crippen molar-refractivity contribution >= 4 is 28.0 Å². The van der Waals surface area contributed by atoms with Gasteiger partial charge >= 0.3 is 12.1 Å². The minimum absolute atomic E-state index is 0.140. The molecule has 2 aromatic carbocycles. The second kappa shape index (κ2) is 8.61. The van der Waals surface area contributed by atoms with Crippen LogP contribution in [-0.4, -0.2) is 36.2 Å². The molecule has 0 saturated heterocycles. The predicted molar refractivity (Wildman–Crippen MR) is 110 cm³/mol. The van der Waals surface area contributed by atoms with E-state index >= 15 is 0 Å². The molecule has 0 bridgehead atoms. The summed E-state index contributed by atoms with van der Waals surface area (Å²) in [6.07, 6.45) is 1.55. The average molecular weight is 444 g/mol. The average Bonchev–Trinajstić information content (AvgIpc) is 3.05. The Balaban J connectivity index is 1.88. The van der Waals surface area contributed by atoms with Crippen molar-refractivity contribution in [2.75, 3.05) is 13.7 Å². The van der Waals surface area contributed by atoms with Gasteiger partial charge in [0.15, 0.2) is 5.54 Å². The Morgan fingerprint density at radius 1 is 1.11 bits per heavy atom. The Labute approximate surface area is 173 Å². The Hall–Kier alpha value is -2.60. The van der Waals surface area contributed by atoms with E-state index in [4.69, 9.17) is 9.47 Å². The Kier molecular flexibility index (Phi) is 6.19. The van der Waals surface area contributed by atoms with Gasteiger partial charge in [-0.1, -0.05) is 70.0 Å². The number of hydrogen-bond donors (Lipinski definition) is 0. The third-order valence-electron chi connectivity index (χ3n) is 4.76. The number of esters is 1. The number of hydrogen-bond acceptors (Lipinski definition) is 4. The Morgan fingerprint density at radius 3 is 2.46 bits per heavy atom. The fourth-order valence-corrected chi connectivity index (χ4v) is 3.87. The van der Waals surface area contributed by atoms with Crippen molar-refractivity contribution in [1.29, 1.82) is 0 Å². The largest absolute Gasteiger partial charge is 0.467 e. The van der Waals surface area contributed by atoms with Crippen LogP contribution in [0.3, 0.4) is 0 Å². The van der Waals surface area contributed by atoms with E-state index in [1.54, 1.807) is 0 Å². The fraction of sp³-hybridized carbons (Fsp3) is 0.273. The molecule has 0 aliphatic carbocycles. The molecule has 146 valence electrons. The monoisotopic (exact) mass is 443 g/mol. The number of nitrogens with zero attached hydrogens (tertiary/aromatic N) is 1. The highest BCUT2D eigenvalue weighted by molar-refractivity contribution is 9.10. The zero-order valence-corrected chi connectivity index (χ0v) is 17.4. The van der Waals surface area contributed by atoms with E-state index in [0.29, 0.717) is 13.0 Å². The summed E-state index contributed by atoms with van der Waals surface area (Å²) < 4.78 is 11.5. The van der Waals surface area contributed by atoms with Crippen LogP contribution in [0.25, 0.3) is 0 Å². The highest BCUT2D eigenvalue weighted by atomic mass is 79.9. The fourth-order valence-electron chi connectivity index (χ4n) is 3.44. The molecule has 1 aliphatic heterocycles. The molecule has 1 atom stereocenters. The van der Waals surface area contributed by atoms with Crippen LogP contribution >= 0.6 is 15.9 Å². The summed E-state index contributed by atoms with van der Waals surface area (Å²) in [6.45, 7) is 2.34. The number of rotatable bonds is 5. The molecule has 0 fully saturated rings. The highest BCUT2D eigenvalue weighted by Crippen LogP contribution is 2.34. The molecule has 0 spiro atoms. The van der Waals surface area contributed by atoms with E-state index in [1.165, 1.54) is 12.0 Å². The van der Waals surface area contributed by atoms with Crippen LogP contribution in [0.5, 0.6) is 0 Å². The number of carbonyl (C=O) groups excluding carboxylic acids is 2. The first kappa shape index (κ1) is 20.1. The van der Waals surface area contributed by atoms with Gasteiger partial charge in [-0.2, -0.15) is 0 Å². The van der Waals surface area contributed by atoms with Crippen molar-refractivity contribution in [2.45, 2.75) is 25.5 Å². The lowest BCUT2D eigenvalue weighted by atomic mass is 9.90. The van der Waals surface area contributed by atoms with Gasteiger partial charge in [-0.15, -0.1) is 0 Å². The first-order valence-electron chi connectivity index (χ1n) is 8.95. The van der Waals surface area contributed by atoms with Gasteiger partial charge in [-0.05, 0) is 30.2 Å². The van der Waals surface area contributed by atoms with Gasteiger partial charge in [0, 0.05) is 17.4 Å². The summed E-state index contributed by atoms with van der Waals surface area (Å²) in [5, 5.41) is 0. The quantitative estimate of drug-likeness (QED) is 0.504. The number of benzene rings is 2. The first-order valence-corrected chi connectivity index (χ1v) is 9.74. The minimum atomic E-state index is -1.24. The molecule has 6 heteroatoms. The zero-order chi connectivity index (χ0) is 20.1. The van der Waals surface area contributed by atoms with Crippen molar-refractivity contribution in [1.82, 2.24) is 4.90 Å². The number of amides is 1. The number of ether oxygens (including phenoxy) is 2. The van der Waals surface area contributed by atoms with Crippen molar-refractivity contribution in [3.8, 4) is 0 Å². The first-order chi connectivity index (χ1) is 13.5. The van der Waals surface area contributed by atoms with E-state index < -0.39 is 17.6 Å². The second-order valence-electron chi connectivity index (χ2n) is 6.80. The van der Waals surface area contributed by atoms with Gasteiger partial charge in [0.05, 0.1) is 7.11 Å². The van der Waals surface area contributed by atoms with Gasteiger partial charge in [-0.3, -0.25) is 4.90 Å². The molecule has 3 rings (SSSR count). The predicted octanol–water partition coefficient (Wildman–Crippen LogP) is 4.50. The van der Waals surface area contributed by atoms with Crippen LogP contribution < -0.4 is 0 Å². The smallest absolute Gasteiger partial charge is 0.411 e. The molecular formula is C22H22BrNO4. The summed E-state index contributed by atoms with van der Waals surface area (Å²) >= 11 is 3.52. The molecule has 0 unspecified atom stereocenters. The van der Waals surface area contributed by atoms with Gasteiger partial charge in [0.25, 0.3) is 0 Å². The molecule has 1 aliphatic rings. The van der Waals surface area contributed by atoms with Crippen LogP contribution in [-0.2, 0) is 27.3 Å². The molecule has 2 aromatic rings. The molecule has 28 heavy (non-hydrogen) atoms. The topological polar surface area (TPSA) is 55.8 Å². The highest BCUT2D eigenvalue weighted by Gasteiger charge is 2.50. The maximum Gasteiger partial charge on any atom is 0.411 e. The van der Waals surface area contributed by atoms with Crippen molar-refractivity contribution in [2.24, 2.45) is 0 Å². The number of halogens is 1. The van der Waals surface area contributed by atoms with Crippen LogP contribution in [0.2, 0.25) is 0 Å². The number of methoxy groups -OCH3 is 1. The molecule has 1 amide bonds. The van der Waals surface area contributed by atoms with Crippen LogP contribution in [0.4, 0.5) is 4.79 Å². The van der Waals surface area contributed by atoms with Gasteiger partial charge in [0.2, 0.25) is 0 Å². The van der Waals surface area contributed by atoms with Crippen LogP contribution in [0.1, 0.15) is 18.1 Å². The van der Waals surface area contributed by atoms with Gasteiger partial charge in [-0.25, -0.2) is 9.59 Å². The lowest BCUT2D eigenvalue weighted by molar-refractivity contribution is -0.150.